The van der Waals surface area contributed by atoms with Crippen LogP contribution in [0.3, 0.4) is 0 Å². The highest BCUT2D eigenvalue weighted by Gasteiger charge is 2.25. The Balaban J connectivity index is 0.876. The first-order chi connectivity index (χ1) is 49.3. The number of benzene rings is 13. The van der Waals surface area contributed by atoms with Crippen LogP contribution in [0, 0.1) is 45.3 Å². The van der Waals surface area contributed by atoms with Gasteiger partial charge in [-0.3, -0.25) is 0 Å². The number of rotatable bonds is 12. The van der Waals surface area contributed by atoms with Crippen molar-refractivity contribution in [2.45, 2.75) is 0 Å². The first kappa shape index (κ1) is 59.2. The molecule has 0 radical (unpaired) electrons. The van der Waals surface area contributed by atoms with Gasteiger partial charge in [0.1, 0.15) is 0 Å². The zero-order valence-corrected chi connectivity index (χ0v) is 53.2. The van der Waals surface area contributed by atoms with E-state index < -0.39 is 0 Å². The highest BCUT2D eigenvalue weighted by atomic mass is 15.1. The average molecular weight is 1280 g/mol. The number of para-hydroxylation sites is 2. The standard InChI is InChI=1S/C88H50N12/c89-51-55-40-56(52-90)43-69(42-55)65-34-38-79-75(47-65)71-28-13-15-30-77(71)99(79)81-49-67(32-36-73(81)87-95-83(59-18-5-1-6-19-59)93-84(96-87)60-20-7-2-8-21-60)63-26-17-27-64(46-63)68-33-37-74(88-97-85(61-22-9-3-10-23-61)94-86(98-88)62-24-11-4-12-25-62)82(50-68)100-78-31-16-14-29-72(78)76-48-66(35-39-80(76)100)70-44-57(53-91)41-58(45-70)54-92/h1-50H. The van der Waals surface area contributed by atoms with E-state index in [1.165, 1.54) is 0 Å². The molecule has 0 aliphatic heterocycles. The van der Waals surface area contributed by atoms with E-state index in [-0.39, 0.29) is 0 Å². The molecule has 0 fully saturated rings. The Morgan fingerprint density at radius 3 is 0.830 bits per heavy atom. The molecule has 0 aliphatic carbocycles. The molecule has 13 aromatic carbocycles. The fourth-order valence-corrected chi connectivity index (χ4v) is 13.6. The number of nitrogens with zero attached hydrogens (tertiary/aromatic N) is 12. The maximum absolute atomic E-state index is 10.0. The van der Waals surface area contributed by atoms with Gasteiger partial charge in [-0.25, -0.2) is 29.9 Å². The monoisotopic (exact) mass is 1270 g/mol. The summed E-state index contributed by atoms with van der Waals surface area (Å²) in [6, 6.07) is 110. The number of hydrogen-bond donors (Lipinski definition) is 0. The molecule has 17 aromatic rings. The number of hydrogen-bond acceptors (Lipinski definition) is 10. The maximum Gasteiger partial charge on any atom is 0.166 e. The van der Waals surface area contributed by atoms with E-state index >= 15 is 0 Å². The fourth-order valence-electron chi connectivity index (χ4n) is 13.6. The molecule has 100 heavy (non-hydrogen) atoms. The van der Waals surface area contributed by atoms with Crippen molar-refractivity contribution in [2.24, 2.45) is 0 Å². The summed E-state index contributed by atoms with van der Waals surface area (Å²) in [5.41, 5.74) is 19.1. The summed E-state index contributed by atoms with van der Waals surface area (Å²) < 4.78 is 4.58. The Morgan fingerprint density at radius 1 is 0.200 bits per heavy atom. The van der Waals surface area contributed by atoms with E-state index in [9.17, 15) is 21.0 Å². The minimum Gasteiger partial charge on any atom is -0.308 e. The molecule has 0 atom stereocenters. The van der Waals surface area contributed by atoms with Crippen LogP contribution in [0.5, 0.6) is 0 Å². The van der Waals surface area contributed by atoms with Crippen LogP contribution in [0.15, 0.2) is 303 Å². The Morgan fingerprint density at radius 2 is 0.480 bits per heavy atom. The molecule has 0 bridgehead atoms. The van der Waals surface area contributed by atoms with Gasteiger partial charge in [0.25, 0.3) is 0 Å². The van der Waals surface area contributed by atoms with Crippen LogP contribution in [0.4, 0.5) is 0 Å². The predicted molar refractivity (Wildman–Crippen MR) is 395 cm³/mol. The third kappa shape index (κ3) is 10.8. The first-order valence-electron chi connectivity index (χ1n) is 32.5. The van der Waals surface area contributed by atoms with Gasteiger partial charge >= 0.3 is 0 Å². The largest absolute Gasteiger partial charge is 0.308 e. The second-order valence-electron chi connectivity index (χ2n) is 24.3. The molecule has 4 heterocycles. The van der Waals surface area contributed by atoms with Crippen LogP contribution in [0.1, 0.15) is 22.3 Å². The van der Waals surface area contributed by atoms with E-state index in [2.05, 4.69) is 167 Å². The van der Waals surface area contributed by atoms with Crippen molar-refractivity contribution >= 4 is 43.6 Å². The molecular formula is C88H50N12. The lowest BCUT2D eigenvalue weighted by atomic mass is 9.96. The van der Waals surface area contributed by atoms with E-state index in [0.717, 1.165) is 133 Å². The van der Waals surface area contributed by atoms with Gasteiger partial charge < -0.3 is 9.13 Å². The summed E-state index contributed by atoms with van der Waals surface area (Å²) in [7, 11) is 0. The highest BCUT2D eigenvalue weighted by molar-refractivity contribution is 6.12. The third-order valence-electron chi connectivity index (χ3n) is 18.3. The van der Waals surface area contributed by atoms with Gasteiger partial charge in [-0.15, -0.1) is 0 Å². The molecule has 0 aliphatic rings. The average Bonchev–Trinajstić information content (AvgIpc) is 1.58. The Kier molecular flexibility index (Phi) is 14.8. The number of fused-ring (bicyclic) bond motifs is 6. The van der Waals surface area contributed by atoms with Gasteiger partial charge in [0.05, 0.1) is 80.0 Å². The second-order valence-corrected chi connectivity index (χ2v) is 24.3. The number of aromatic nitrogens is 8. The smallest absolute Gasteiger partial charge is 0.166 e. The molecular weight excluding hydrogens is 1230 g/mol. The second kappa shape index (κ2) is 25.0. The topological polar surface area (TPSA) is 182 Å². The van der Waals surface area contributed by atoms with Crippen LogP contribution in [-0.4, -0.2) is 39.0 Å². The predicted octanol–water partition coefficient (Wildman–Crippen LogP) is 20.4. The van der Waals surface area contributed by atoms with Crippen LogP contribution >= 0.6 is 0 Å². The summed E-state index contributed by atoms with van der Waals surface area (Å²) >= 11 is 0. The molecule has 0 saturated heterocycles. The Bertz CT molecular complexity index is 5770. The SMILES string of the molecule is N#Cc1cc(C#N)cc(-c2ccc3c(c2)c2ccccc2n3-c2cc(-c3cccc(-c4ccc(-c5nc(-c6ccccc6)nc(-c6ccccc6)n5)c(-n5c6ccccc6c6cc(-c7cc(C#N)cc(C#N)c7)ccc65)c4)c3)ccc2-c2nc(-c3ccccc3)nc(-c3ccccc3)n2)c1. The molecule has 0 amide bonds. The summed E-state index contributed by atoms with van der Waals surface area (Å²) in [6.45, 7) is 0. The molecule has 0 spiro atoms. The zero-order valence-electron chi connectivity index (χ0n) is 53.2. The van der Waals surface area contributed by atoms with Crippen LogP contribution < -0.4 is 0 Å². The van der Waals surface area contributed by atoms with Gasteiger partial charge in [0.15, 0.2) is 34.9 Å². The lowest BCUT2D eigenvalue weighted by Gasteiger charge is -2.18. The Labute approximate surface area is 574 Å². The lowest BCUT2D eigenvalue weighted by Crippen LogP contribution is -2.04. The third-order valence-corrected chi connectivity index (χ3v) is 18.3. The van der Waals surface area contributed by atoms with Gasteiger partial charge in [-0.05, 0) is 148 Å². The zero-order chi connectivity index (χ0) is 67.2. The molecule has 4 aromatic heterocycles. The molecule has 12 heteroatoms. The Hall–Kier alpha value is -14.6. The highest BCUT2D eigenvalue weighted by Crippen LogP contribution is 2.44. The van der Waals surface area contributed by atoms with Crippen molar-refractivity contribution in [3.8, 4) is 148 Å². The minimum atomic E-state index is 0.410. The van der Waals surface area contributed by atoms with Crippen molar-refractivity contribution in [2.75, 3.05) is 0 Å². The molecule has 0 saturated carbocycles. The molecule has 0 unspecified atom stereocenters. The first-order valence-corrected chi connectivity index (χ1v) is 32.5. The van der Waals surface area contributed by atoms with Crippen molar-refractivity contribution in [3.05, 3.63) is 326 Å². The van der Waals surface area contributed by atoms with Crippen molar-refractivity contribution < 1.29 is 0 Å². The van der Waals surface area contributed by atoms with Crippen LogP contribution in [-0.2, 0) is 0 Å². The van der Waals surface area contributed by atoms with Crippen molar-refractivity contribution in [1.29, 1.82) is 21.0 Å². The van der Waals surface area contributed by atoms with Crippen LogP contribution in [0.2, 0.25) is 0 Å². The normalized spacial score (nSPS) is 11.2. The van der Waals surface area contributed by atoms with E-state index in [1.54, 1.807) is 12.1 Å². The molecule has 0 N–H and O–H groups in total. The van der Waals surface area contributed by atoms with E-state index in [4.69, 9.17) is 29.9 Å². The quantitative estimate of drug-likeness (QED) is 0.114. The fraction of sp³-hybridized carbons (Fsp3) is 0. The number of nitriles is 4. The van der Waals surface area contributed by atoms with E-state index in [1.807, 2.05) is 158 Å². The maximum atomic E-state index is 10.0. The molecule has 17 rings (SSSR count). The van der Waals surface area contributed by atoms with Crippen molar-refractivity contribution in [1.82, 2.24) is 39.0 Å². The van der Waals surface area contributed by atoms with Gasteiger partial charge in [-0.2, -0.15) is 21.0 Å². The minimum absolute atomic E-state index is 0.410. The summed E-state index contributed by atoms with van der Waals surface area (Å²) in [5, 5.41) is 44.1. The van der Waals surface area contributed by atoms with Crippen molar-refractivity contribution in [3.63, 3.8) is 0 Å². The van der Waals surface area contributed by atoms with Gasteiger partial charge in [0.2, 0.25) is 0 Å². The summed E-state index contributed by atoms with van der Waals surface area (Å²) in [5.74, 6) is 3.12. The lowest BCUT2D eigenvalue weighted by molar-refractivity contribution is 1.06. The molecule has 462 valence electrons. The molecule has 12 nitrogen and oxygen atoms in total. The summed E-state index contributed by atoms with van der Waals surface area (Å²) in [4.78, 5) is 31.5. The summed E-state index contributed by atoms with van der Waals surface area (Å²) in [6.07, 6.45) is 0. The van der Waals surface area contributed by atoms with Gasteiger partial charge in [0, 0.05) is 54.9 Å². The van der Waals surface area contributed by atoms with E-state index in [0.29, 0.717) is 57.2 Å². The van der Waals surface area contributed by atoms with Gasteiger partial charge in [-0.1, -0.05) is 200 Å². The van der Waals surface area contributed by atoms with Crippen LogP contribution in [0.25, 0.3) is 168 Å².